The summed E-state index contributed by atoms with van der Waals surface area (Å²) in [6, 6.07) is 0. The van der Waals surface area contributed by atoms with Crippen LogP contribution in [0.4, 0.5) is 14.6 Å². The van der Waals surface area contributed by atoms with E-state index in [-0.39, 0.29) is 11.0 Å². The van der Waals surface area contributed by atoms with E-state index in [2.05, 4.69) is 15.3 Å². The van der Waals surface area contributed by atoms with Gasteiger partial charge in [-0.15, -0.1) is 0 Å². The van der Waals surface area contributed by atoms with E-state index in [1.807, 2.05) is 0 Å². The van der Waals surface area contributed by atoms with Gasteiger partial charge in [-0.1, -0.05) is 11.6 Å². The maximum atomic E-state index is 12.7. The average Bonchev–Trinajstić information content (AvgIpc) is 2.20. The van der Waals surface area contributed by atoms with Gasteiger partial charge in [0, 0.05) is 5.56 Å². The van der Waals surface area contributed by atoms with Gasteiger partial charge >= 0.3 is 0 Å². The van der Waals surface area contributed by atoms with Crippen LogP contribution in [0, 0.1) is 6.92 Å². The molecular weight excluding hydrogens is 228 g/mol. The van der Waals surface area contributed by atoms with Crippen LogP contribution in [0.15, 0.2) is 6.33 Å². The molecule has 0 radical (unpaired) electrons. The predicted molar refractivity (Wildman–Crippen MR) is 52.3 cm³/mol. The molecule has 0 fully saturated rings. The monoisotopic (exact) mass is 237 g/mol. The van der Waals surface area contributed by atoms with Crippen LogP contribution in [0.1, 0.15) is 5.56 Å². The SMILES string of the molecule is Cc1c(Cl)ncnc1NCC(F)(F)CO. The lowest BCUT2D eigenvalue weighted by Crippen LogP contribution is -2.31. The van der Waals surface area contributed by atoms with Crippen molar-refractivity contribution in [3.63, 3.8) is 0 Å². The molecule has 7 heteroatoms. The Kier molecular flexibility index (Phi) is 3.76. The molecule has 0 bridgehead atoms. The van der Waals surface area contributed by atoms with Gasteiger partial charge < -0.3 is 10.4 Å². The van der Waals surface area contributed by atoms with Gasteiger partial charge in [-0.25, -0.2) is 18.7 Å². The number of aromatic nitrogens is 2. The molecule has 1 rings (SSSR count). The molecule has 0 unspecified atom stereocenters. The molecule has 2 N–H and O–H groups in total. The first-order chi connectivity index (χ1) is 6.96. The quantitative estimate of drug-likeness (QED) is 0.779. The van der Waals surface area contributed by atoms with Gasteiger partial charge in [-0.2, -0.15) is 0 Å². The summed E-state index contributed by atoms with van der Waals surface area (Å²) in [4.78, 5) is 7.44. The van der Waals surface area contributed by atoms with Crippen molar-refractivity contribution in [2.45, 2.75) is 12.8 Å². The average molecular weight is 238 g/mol. The van der Waals surface area contributed by atoms with Crippen LogP contribution >= 0.6 is 11.6 Å². The lowest BCUT2D eigenvalue weighted by atomic mass is 10.3. The first-order valence-corrected chi connectivity index (χ1v) is 4.54. The fourth-order valence-corrected chi connectivity index (χ4v) is 1.01. The topological polar surface area (TPSA) is 58.0 Å². The molecule has 84 valence electrons. The van der Waals surface area contributed by atoms with Crippen molar-refractivity contribution in [2.24, 2.45) is 0 Å². The summed E-state index contributed by atoms with van der Waals surface area (Å²) in [5.74, 6) is -2.94. The molecule has 1 aromatic rings. The third kappa shape index (κ3) is 3.24. The minimum atomic E-state index is -3.18. The van der Waals surface area contributed by atoms with Crippen molar-refractivity contribution in [3.8, 4) is 0 Å². The van der Waals surface area contributed by atoms with E-state index in [1.54, 1.807) is 6.92 Å². The summed E-state index contributed by atoms with van der Waals surface area (Å²) in [5, 5.41) is 11.0. The Bertz CT molecular complexity index is 349. The Hall–Kier alpha value is -1.01. The number of nitrogens with one attached hydrogen (secondary N) is 1. The maximum absolute atomic E-state index is 12.7. The zero-order valence-electron chi connectivity index (χ0n) is 7.97. The van der Waals surface area contributed by atoms with Gasteiger partial charge in [0.2, 0.25) is 0 Å². The number of anilines is 1. The number of alkyl halides is 2. The molecule has 4 nitrogen and oxygen atoms in total. The van der Waals surface area contributed by atoms with Gasteiger partial charge in [-0.3, -0.25) is 0 Å². The number of aliphatic hydroxyl groups excluding tert-OH is 1. The van der Waals surface area contributed by atoms with Gasteiger partial charge in [0.25, 0.3) is 5.92 Å². The van der Waals surface area contributed by atoms with E-state index in [4.69, 9.17) is 16.7 Å². The molecule has 0 aliphatic carbocycles. The highest BCUT2D eigenvalue weighted by Gasteiger charge is 2.27. The largest absolute Gasteiger partial charge is 0.390 e. The van der Waals surface area contributed by atoms with Gasteiger partial charge in [-0.05, 0) is 6.92 Å². The number of rotatable bonds is 4. The van der Waals surface area contributed by atoms with Crippen molar-refractivity contribution in [1.82, 2.24) is 9.97 Å². The third-order valence-electron chi connectivity index (χ3n) is 1.77. The van der Waals surface area contributed by atoms with Crippen LogP contribution in [-0.4, -0.2) is 34.1 Å². The first kappa shape index (κ1) is 12.1. The lowest BCUT2D eigenvalue weighted by Gasteiger charge is -2.15. The normalized spacial score (nSPS) is 11.5. The molecule has 0 spiro atoms. The van der Waals surface area contributed by atoms with Gasteiger partial charge in [0.15, 0.2) is 0 Å². The zero-order chi connectivity index (χ0) is 11.5. The molecule has 0 aromatic carbocycles. The fraction of sp³-hybridized carbons (Fsp3) is 0.500. The van der Waals surface area contributed by atoms with Crippen LogP contribution in [0.25, 0.3) is 0 Å². The molecule has 15 heavy (non-hydrogen) atoms. The Morgan fingerprint density at radius 2 is 2.20 bits per heavy atom. The summed E-state index contributed by atoms with van der Waals surface area (Å²) >= 11 is 5.67. The van der Waals surface area contributed by atoms with E-state index >= 15 is 0 Å². The van der Waals surface area contributed by atoms with Gasteiger partial charge in [0.05, 0.1) is 6.54 Å². The summed E-state index contributed by atoms with van der Waals surface area (Å²) in [6.07, 6.45) is 1.18. The minimum Gasteiger partial charge on any atom is -0.390 e. The van der Waals surface area contributed by atoms with E-state index in [0.717, 1.165) is 0 Å². The first-order valence-electron chi connectivity index (χ1n) is 4.16. The third-order valence-corrected chi connectivity index (χ3v) is 2.15. The second-order valence-electron chi connectivity index (χ2n) is 3.01. The van der Waals surface area contributed by atoms with Crippen molar-refractivity contribution in [3.05, 3.63) is 17.0 Å². The number of aliphatic hydroxyl groups is 1. The Labute approximate surface area is 90.3 Å². The summed E-state index contributed by atoms with van der Waals surface area (Å²) in [5.41, 5.74) is 0.493. The number of halogens is 3. The molecule has 0 aliphatic rings. The van der Waals surface area contributed by atoms with Crippen molar-refractivity contribution in [1.29, 1.82) is 0 Å². The highest BCUT2D eigenvalue weighted by atomic mass is 35.5. The van der Waals surface area contributed by atoms with E-state index in [9.17, 15) is 8.78 Å². The van der Waals surface area contributed by atoms with E-state index in [1.165, 1.54) is 6.33 Å². The Balaban J connectivity index is 2.70. The molecule has 0 amide bonds. The maximum Gasteiger partial charge on any atom is 0.287 e. The van der Waals surface area contributed by atoms with Crippen molar-refractivity contribution in [2.75, 3.05) is 18.5 Å². The fourth-order valence-electron chi connectivity index (χ4n) is 0.876. The second-order valence-corrected chi connectivity index (χ2v) is 3.36. The number of hydrogen-bond donors (Lipinski definition) is 2. The van der Waals surface area contributed by atoms with Gasteiger partial charge in [0.1, 0.15) is 23.9 Å². The lowest BCUT2D eigenvalue weighted by molar-refractivity contribution is -0.0373. The predicted octanol–water partition coefficient (Wildman–Crippen LogP) is 1.48. The van der Waals surface area contributed by atoms with Crippen LogP contribution in [0.2, 0.25) is 5.15 Å². The highest BCUT2D eigenvalue weighted by Crippen LogP contribution is 2.19. The second kappa shape index (κ2) is 4.67. The molecule has 1 aromatic heterocycles. The smallest absolute Gasteiger partial charge is 0.287 e. The highest BCUT2D eigenvalue weighted by molar-refractivity contribution is 6.30. The summed E-state index contributed by atoms with van der Waals surface area (Å²) in [6.45, 7) is -0.294. The molecule has 0 aliphatic heterocycles. The van der Waals surface area contributed by atoms with Crippen LogP contribution in [-0.2, 0) is 0 Å². The summed E-state index contributed by atoms with van der Waals surface area (Å²) < 4.78 is 25.4. The Morgan fingerprint density at radius 1 is 1.53 bits per heavy atom. The van der Waals surface area contributed by atoms with Crippen LogP contribution in [0.5, 0.6) is 0 Å². The Morgan fingerprint density at radius 3 is 2.80 bits per heavy atom. The molecule has 0 saturated heterocycles. The van der Waals surface area contributed by atoms with Crippen molar-refractivity contribution < 1.29 is 13.9 Å². The van der Waals surface area contributed by atoms with Crippen LogP contribution in [0.3, 0.4) is 0 Å². The van der Waals surface area contributed by atoms with Crippen molar-refractivity contribution >= 4 is 17.4 Å². The van der Waals surface area contributed by atoms with E-state index < -0.39 is 19.1 Å². The molecule has 0 saturated carbocycles. The summed E-state index contributed by atoms with van der Waals surface area (Å²) in [7, 11) is 0. The standard InChI is InChI=1S/C8H10ClF2N3O/c1-5-6(9)13-4-14-7(5)12-2-8(10,11)3-15/h4,15H,2-3H2,1H3,(H,12,13,14). The van der Waals surface area contributed by atoms with Crippen LogP contribution < -0.4 is 5.32 Å². The number of hydrogen-bond acceptors (Lipinski definition) is 4. The molecule has 0 atom stereocenters. The van der Waals surface area contributed by atoms with E-state index in [0.29, 0.717) is 5.56 Å². The molecular formula is C8H10ClF2N3O. The molecule has 1 heterocycles. The minimum absolute atomic E-state index is 0.208. The zero-order valence-corrected chi connectivity index (χ0v) is 8.72. The number of nitrogens with zero attached hydrogens (tertiary/aromatic N) is 2.